The van der Waals surface area contributed by atoms with Crippen molar-refractivity contribution in [1.29, 1.82) is 0 Å². The largest absolute Gasteiger partial charge is 0.495 e. The second kappa shape index (κ2) is 6.16. The molecule has 0 aliphatic carbocycles. The fraction of sp³-hybridized carbons (Fsp3) is 0.467. The number of anilines is 1. The first-order valence-corrected chi connectivity index (χ1v) is 7.88. The van der Waals surface area contributed by atoms with Gasteiger partial charge in [0.25, 0.3) is 0 Å². The molecule has 0 unspecified atom stereocenters. The number of imidazole rings is 1. The van der Waals surface area contributed by atoms with Crippen LogP contribution in [0.2, 0.25) is 5.02 Å². The van der Waals surface area contributed by atoms with E-state index in [4.69, 9.17) is 22.1 Å². The van der Waals surface area contributed by atoms with Crippen LogP contribution in [0.25, 0.3) is 11.0 Å². The van der Waals surface area contributed by atoms with Crippen LogP contribution in [0, 0.1) is 0 Å². The number of amides is 1. The zero-order valence-electron chi connectivity index (χ0n) is 12.8. The van der Waals surface area contributed by atoms with E-state index in [1.165, 1.54) is 4.90 Å². The normalized spacial score (nSPS) is 18.9. The first kappa shape index (κ1) is 15.7. The van der Waals surface area contributed by atoms with Gasteiger partial charge in [-0.05, 0) is 31.4 Å². The number of benzene rings is 1. The van der Waals surface area contributed by atoms with Gasteiger partial charge in [-0.3, -0.25) is 0 Å². The highest BCUT2D eigenvalue weighted by atomic mass is 35.5. The molecule has 1 saturated heterocycles. The van der Waals surface area contributed by atoms with Gasteiger partial charge in [-0.1, -0.05) is 11.6 Å². The second-order valence-corrected chi connectivity index (χ2v) is 6.05. The van der Waals surface area contributed by atoms with Gasteiger partial charge in [0.1, 0.15) is 10.8 Å². The minimum absolute atomic E-state index is 0.0943. The maximum atomic E-state index is 11.4. The van der Waals surface area contributed by atoms with Crippen LogP contribution in [-0.4, -0.2) is 45.9 Å². The number of nitrogens with two attached hydrogens (primary N) is 1. The van der Waals surface area contributed by atoms with Crippen LogP contribution in [0.3, 0.4) is 0 Å². The summed E-state index contributed by atoms with van der Waals surface area (Å²) >= 11 is 6.45. The van der Waals surface area contributed by atoms with Crippen molar-refractivity contribution in [3.63, 3.8) is 0 Å². The van der Waals surface area contributed by atoms with Crippen LogP contribution < -0.4 is 10.5 Å². The zero-order valence-corrected chi connectivity index (χ0v) is 13.6. The Morgan fingerprint density at radius 3 is 2.96 bits per heavy atom. The number of rotatable bonds is 2. The first-order chi connectivity index (χ1) is 11.0. The molecule has 0 bridgehead atoms. The van der Waals surface area contributed by atoms with E-state index < -0.39 is 6.09 Å². The summed E-state index contributed by atoms with van der Waals surface area (Å²) in [4.78, 5) is 17.1. The molecule has 1 aliphatic heterocycles. The van der Waals surface area contributed by atoms with Crippen molar-refractivity contribution in [1.82, 2.24) is 14.5 Å². The number of aromatic nitrogens is 2. The number of likely N-dealkylation sites (tertiary alicyclic amines) is 1. The fourth-order valence-corrected chi connectivity index (χ4v) is 3.51. The van der Waals surface area contributed by atoms with Gasteiger partial charge in [-0.25, -0.2) is 9.78 Å². The lowest BCUT2D eigenvalue weighted by Gasteiger charge is -2.24. The van der Waals surface area contributed by atoms with Gasteiger partial charge < -0.3 is 25.0 Å². The molecule has 0 spiro atoms. The van der Waals surface area contributed by atoms with Gasteiger partial charge in [0.15, 0.2) is 0 Å². The van der Waals surface area contributed by atoms with Crippen LogP contribution in [-0.2, 0) is 0 Å². The van der Waals surface area contributed by atoms with Gasteiger partial charge in [-0.2, -0.15) is 0 Å². The molecule has 23 heavy (non-hydrogen) atoms. The first-order valence-electron chi connectivity index (χ1n) is 7.50. The van der Waals surface area contributed by atoms with Crippen LogP contribution in [0.1, 0.15) is 25.3 Å². The Morgan fingerprint density at radius 1 is 1.48 bits per heavy atom. The Balaban J connectivity index is 2.10. The molecule has 1 atom stereocenters. The van der Waals surface area contributed by atoms with Crippen LogP contribution >= 0.6 is 11.6 Å². The van der Waals surface area contributed by atoms with E-state index in [-0.39, 0.29) is 6.04 Å². The Kier molecular flexibility index (Phi) is 4.21. The minimum atomic E-state index is -0.913. The highest BCUT2D eigenvalue weighted by Crippen LogP contribution is 2.37. The molecule has 1 fully saturated rings. The third-order valence-electron chi connectivity index (χ3n) is 4.28. The summed E-state index contributed by atoms with van der Waals surface area (Å²) in [6.07, 6.45) is 1.68. The Labute approximate surface area is 138 Å². The topological polar surface area (TPSA) is 93.6 Å². The van der Waals surface area contributed by atoms with E-state index >= 15 is 0 Å². The van der Waals surface area contributed by atoms with Crippen molar-refractivity contribution in [2.45, 2.75) is 25.3 Å². The van der Waals surface area contributed by atoms with E-state index in [1.54, 1.807) is 19.2 Å². The smallest absolute Gasteiger partial charge is 0.407 e. The quantitative estimate of drug-likeness (QED) is 0.878. The lowest BCUT2D eigenvalue weighted by atomic mass is 10.1. The summed E-state index contributed by atoms with van der Waals surface area (Å²) in [6, 6.07) is 3.46. The third-order valence-corrected chi connectivity index (χ3v) is 4.65. The Hall–Kier alpha value is -2.15. The number of halogens is 1. The number of hydrogen-bond donors (Lipinski definition) is 2. The van der Waals surface area contributed by atoms with E-state index in [0.29, 0.717) is 40.8 Å². The van der Waals surface area contributed by atoms with Crippen molar-refractivity contribution in [2.75, 3.05) is 25.9 Å². The SMILES string of the molecule is COc1ccc2nc(N)n([C@@H]3CCCCN(C(=O)O)C3)c2c1Cl. The molecular formula is C15H19ClN4O3. The molecule has 1 aromatic heterocycles. The molecule has 124 valence electrons. The van der Waals surface area contributed by atoms with Crippen LogP contribution in [0.15, 0.2) is 12.1 Å². The zero-order chi connectivity index (χ0) is 16.6. The number of methoxy groups -OCH3 is 1. The molecule has 2 heterocycles. The van der Waals surface area contributed by atoms with Crippen molar-refractivity contribution in [2.24, 2.45) is 0 Å². The van der Waals surface area contributed by atoms with E-state index in [2.05, 4.69) is 4.98 Å². The predicted molar refractivity (Wildman–Crippen MR) is 88.2 cm³/mol. The highest BCUT2D eigenvalue weighted by Gasteiger charge is 2.27. The summed E-state index contributed by atoms with van der Waals surface area (Å²) in [6.45, 7) is 0.911. The number of carboxylic acid groups (broad SMARTS) is 1. The molecule has 3 rings (SSSR count). The van der Waals surface area contributed by atoms with Crippen molar-refractivity contribution in [3.8, 4) is 5.75 Å². The number of fused-ring (bicyclic) bond motifs is 1. The van der Waals surface area contributed by atoms with E-state index in [9.17, 15) is 9.90 Å². The molecule has 1 aliphatic rings. The Bertz CT molecular complexity index is 746. The molecule has 1 amide bonds. The van der Waals surface area contributed by atoms with Gasteiger partial charge in [0, 0.05) is 13.1 Å². The maximum Gasteiger partial charge on any atom is 0.407 e. The van der Waals surface area contributed by atoms with Crippen LogP contribution in [0.4, 0.5) is 10.7 Å². The molecule has 3 N–H and O–H groups in total. The van der Waals surface area contributed by atoms with E-state index in [0.717, 1.165) is 19.3 Å². The summed E-state index contributed by atoms with van der Waals surface area (Å²) in [7, 11) is 1.55. The monoisotopic (exact) mass is 338 g/mol. The number of nitrogens with zero attached hydrogens (tertiary/aromatic N) is 3. The molecular weight excluding hydrogens is 320 g/mol. The molecule has 2 aromatic rings. The predicted octanol–water partition coefficient (Wildman–Crippen LogP) is 2.99. The second-order valence-electron chi connectivity index (χ2n) is 5.67. The summed E-state index contributed by atoms with van der Waals surface area (Å²) < 4.78 is 7.12. The minimum Gasteiger partial charge on any atom is -0.495 e. The van der Waals surface area contributed by atoms with Crippen LogP contribution in [0.5, 0.6) is 5.75 Å². The molecule has 7 nitrogen and oxygen atoms in total. The highest BCUT2D eigenvalue weighted by molar-refractivity contribution is 6.36. The number of nitrogen functional groups attached to an aromatic ring is 1. The standard InChI is InChI=1S/C15H19ClN4O3/c1-23-11-6-5-10-13(12(11)16)20(14(17)18-10)9-4-2-3-7-19(8-9)15(21)22/h5-6,9H,2-4,7-8H2,1H3,(H2,17,18)(H,21,22)/t9-/m1/s1. The average Bonchev–Trinajstić information content (AvgIpc) is 2.71. The average molecular weight is 339 g/mol. The van der Waals surface area contributed by atoms with Gasteiger partial charge >= 0.3 is 6.09 Å². The van der Waals surface area contributed by atoms with Gasteiger partial charge in [0.2, 0.25) is 5.95 Å². The third kappa shape index (κ3) is 2.76. The number of carbonyl (C=O) groups is 1. The molecule has 0 saturated carbocycles. The lowest BCUT2D eigenvalue weighted by molar-refractivity contribution is 0.141. The van der Waals surface area contributed by atoms with Crippen molar-refractivity contribution in [3.05, 3.63) is 17.2 Å². The molecule has 0 radical (unpaired) electrons. The summed E-state index contributed by atoms with van der Waals surface area (Å²) in [5, 5.41) is 9.77. The Morgan fingerprint density at radius 2 is 2.26 bits per heavy atom. The fourth-order valence-electron chi connectivity index (χ4n) is 3.18. The van der Waals surface area contributed by atoms with Crippen molar-refractivity contribution >= 4 is 34.7 Å². The van der Waals surface area contributed by atoms with E-state index in [1.807, 2.05) is 4.57 Å². The lowest BCUT2D eigenvalue weighted by Crippen LogP contribution is -2.34. The maximum absolute atomic E-state index is 11.4. The van der Waals surface area contributed by atoms with Gasteiger partial charge in [-0.15, -0.1) is 0 Å². The summed E-state index contributed by atoms with van der Waals surface area (Å²) in [5.41, 5.74) is 7.48. The molecule has 8 heteroatoms. The molecule has 1 aromatic carbocycles. The number of hydrogen-bond acceptors (Lipinski definition) is 4. The van der Waals surface area contributed by atoms with Crippen molar-refractivity contribution < 1.29 is 14.6 Å². The number of ether oxygens (including phenoxy) is 1. The summed E-state index contributed by atoms with van der Waals surface area (Å²) in [5.74, 6) is 0.886. The van der Waals surface area contributed by atoms with Gasteiger partial charge in [0.05, 0.1) is 24.2 Å².